The van der Waals surface area contributed by atoms with Gasteiger partial charge in [-0.25, -0.2) is 4.98 Å². The predicted octanol–water partition coefficient (Wildman–Crippen LogP) is 3.24. The van der Waals surface area contributed by atoms with Gasteiger partial charge in [0.25, 0.3) is 0 Å². The fourth-order valence-corrected chi connectivity index (χ4v) is 1.77. The molecule has 0 N–H and O–H groups in total. The van der Waals surface area contributed by atoms with Gasteiger partial charge in [0.05, 0.1) is 18.5 Å². The molecule has 2 aromatic rings. The van der Waals surface area contributed by atoms with Crippen molar-refractivity contribution in [2.45, 2.75) is 13.0 Å². The van der Waals surface area contributed by atoms with Crippen molar-refractivity contribution in [3.63, 3.8) is 0 Å². The van der Waals surface area contributed by atoms with Crippen LogP contribution in [-0.2, 0) is 6.54 Å². The average molecular weight is 301 g/mol. The van der Waals surface area contributed by atoms with Gasteiger partial charge in [0.1, 0.15) is 5.75 Å². The molecule has 0 bridgehead atoms. The monoisotopic (exact) mass is 300 g/mol. The van der Waals surface area contributed by atoms with Crippen molar-refractivity contribution in [3.05, 3.63) is 47.5 Å². The van der Waals surface area contributed by atoms with E-state index in [1.165, 1.54) is 0 Å². The van der Waals surface area contributed by atoms with E-state index in [1.807, 2.05) is 10.8 Å². The van der Waals surface area contributed by atoms with Crippen molar-refractivity contribution in [2.24, 2.45) is 0 Å². The van der Waals surface area contributed by atoms with Crippen LogP contribution in [0.3, 0.4) is 0 Å². The first kappa shape index (κ1) is 15.5. The SMILES string of the molecule is Cl.O=Cc1cc(Cl)ccc1OCCCn1ccnc1. The summed E-state index contributed by atoms with van der Waals surface area (Å²) >= 11 is 5.80. The minimum atomic E-state index is 0. The van der Waals surface area contributed by atoms with E-state index < -0.39 is 0 Å². The molecule has 0 aliphatic rings. The van der Waals surface area contributed by atoms with Crippen LogP contribution < -0.4 is 4.74 Å². The number of ether oxygens (including phenoxy) is 1. The highest BCUT2D eigenvalue weighted by Crippen LogP contribution is 2.21. The van der Waals surface area contributed by atoms with Crippen molar-refractivity contribution < 1.29 is 9.53 Å². The van der Waals surface area contributed by atoms with Crippen LogP contribution in [0.2, 0.25) is 5.02 Å². The molecule has 0 aliphatic carbocycles. The lowest BCUT2D eigenvalue weighted by atomic mass is 10.2. The number of benzene rings is 1. The first-order chi connectivity index (χ1) is 8.79. The van der Waals surface area contributed by atoms with Crippen molar-refractivity contribution >= 4 is 30.3 Å². The largest absolute Gasteiger partial charge is 0.493 e. The highest BCUT2D eigenvalue weighted by atomic mass is 35.5. The van der Waals surface area contributed by atoms with E-state index in [-0.39, 0.29) is 12.4 Å². The molecule has 1 heterocycles. The Morgan fingerprint density at radius 1 is 1.42 bits per heavy atom. The van der Waals surface area contributed by atoms with Gasteiger partial charge < -0.3 is 9.30 Å². The summed E-state index contributed by atoms with van der Waals surface area (Å²) in [6.07, 6.45) is 7.00. The quantitative estimate of drug-likeness (QED) is 0.608. The first-order valence-corrected chi connectivity index (χ1v) is 6.00. The Morgan fingerprint density at radius 2 is 2.26 bits per heavy atom. The Kier molecular flexibility index (Phi) is 6.39. The zero-order valence-electron chi connectivity index (χ0n) is 10.2. The summed E-state index contributed by atoms with van der Waals surface area (Å²) in [5, 5.41) is 0.530. The van der Waals surface area contributed by atoms with Crippen LogP contribution in [0, 0.1) is 0 Å². The molecule has 0 saturated heterocycles. The lowest BCUT2D eigenvalue weighted by Crippen LogP contribution is -2.04. The average Bonchev–Trinajstić information content (AvgIpc) is 2.89. The molecule has 6 heteroatoms. The number of aryl methyl sites for hydroxylation is 1. The van der Waals surface area contributed by atoms with Crippen LogP contribution in [-0.4, -0.2) is 22.4 Å². The minimum Gasteiger partial charge on any atom is -0.493 e. The third-order valence-electron chi connectivity index (χ3n) is 2.48. The molecule has 0 amide bonds. The fraction of sp³-hybridized carbons (Fsp3) is 0.231. The third kappa shape index (κ3) is 4.58. The van der Waals surface area contributed by atoms with Gasteiger partial charge in [-0.15, -0.1) is 12.4 Å². The van der Waals surface area contributed by atoms with E-state index in [2.05, 4.69) is 4.98 Å². The Bertz CT molecular complexity index is 515. The van der Waals surface area contributed by atoms with Crippen molar-refractivity contribution in [2.75, 3.05) is 6.61 Å². The van der Waals surface area contributed by atoms with E-state index in [0.717, 1.165) is 19.3 Å². The molecule has 0 saturated carbocycles. The van der Waals surface area contributed by atoms with Crippen LogP contribution in [0.1, 0.15) is 16.8 Å². The number of hydrogen-bond acceptors (Lipinski definition) is 3. The summed E-state index contributed by atoms with van der Waals surface area (Å²) in [5.74, 6) is 0.569. The summed E-state index contributed by atoms with van der Waals surface area (Å²) in [6, 6.07) is 5.02. The van der Waals surface area contributed by atoms with E-state index in [4.69, 9.17) is 16.3 Å². The number of carbonyl (C=O) groups is 1. The third-order valence-corrected chi connectivity index (χ3v) is 2.71. The standard InChI is InChI=1S/C13H13ClN2O2.ClH/c14-12-2-3-13(11(8-12)9-17)18-7-1-5-16-6-4-15-10-16;/h2-4,6,8-10H,1,5,7H2;1H. The van der Waals surface area contributed by atoms with E-state index in [1.54, 1.807) is 30.7 Å². The van der Waals surface area contributed by atoms with Crippen LogP contribution in [0.25, 0.3) is 0 Å². The normalized spacial score (nSPS) is 9.74. The second-order valence-electron chi connectivity index (χ2n) is 3.80. The van der Waals surface area contributed by atoms with Gasteiger partial charge in [0.2, 0.25) is 0 Å². The van der Waals surface area contributed by atoms with E-state index >= 15 is 0 Å². The molecule has 1 aromatic heterocycles. The molecule has 4 nitrogen and oxygen atoms in total. The Morgan fingerprint density at radius 3 is 2.95 bits per heavy atom. The highest BCUT2D eigenvalue weighted by Gasteiger charge is 2.03. The summed E-state index contributed by atoms with van der Waals surface area (Å²) < 4.78 is 7.54. The predicted molar refractivity (Wildman–Crippen MR) is 76.4 cm³/mol. The topological polar surface area (TPSA) is 44.1 Å². The molecule has 19 heavy (non-hydrogen) atoms. The van der Waals surface area contributed by atoms with E-state index in [0.29, 0.717) is 22.9 Å². The number of aldehydes is 1. The molecule has 2 rings (SSSR count). The smallest absolute Gasteiger partial charge is 0.153 e. The van der Waals surface area contributed by atoms with Gasteiger partial charge in [-0.05, 0) is 24.6 Å². The molecule has 0 atom stereocenters. The molecular weight excluding hydrogens is 287 g/mol. The second-order valence-corrected chi connectivity index (χ2v) is 4.24. The number of imidazole rings is 1. The van der Waals surface area contributed by atoms with Crippen molar-refractivity contribution in [3.8, 4) is 5.75 Å². The first-order valence-electron chi connectivity index (χ1n) is 5.63. The number of rotatable bonds is 6. The maximum Gasteiger partial charge on any atom is 0.153 e. The molecule has 0 spiro atoms. The van der Waals surface area contributed by atoms with Crippen molar-refractivity contribution in [1.82, 2.24) is 9.55 Å². The summed E-state index contributed by atoms with van der Waals surface area (Å²) in [5.41, 5.74) is 0.477. The molecule has 102 valence electrons. The maximum absolute atomic E-state index is 10.8. The summed E-state index contributed by atoms with van der Waals surface area (Å²) in [7, 11) is 0. The molecule has 0 fully saturated rings. The zero-order chi connectivity index (χ0) is 12.8. The van der Waals surface area contributed by atoms with Gasteiger partial charge >= 0.3 is 0 Å². The molecule has 0 unspecified atom stereocenters. The van der Waals surface area contributed by atoms with Crippen LogP contribution in [0.4, 0.5) is 0 Å². The van der Waals surface area contributed by atoms with Crippen molar-refractivity contribution in [1.29, 1.82) is 0 Å². The number of carbonyl (C=O) groups excluding carboxylic acids is 1. The lowest BCUT2D eigenvalue weighted by molar-refractivity contribution is 0.111. The Balaban J connectivity index is 0.00000180. The lowest BCUT2D eigenvalue weighted by Gasteiger charge is -2.08. The minimum absolute atomic E-state index is 0. The highest BCUT2D eigenvalue weighted by molar-refractivity contribution is 6.30. The van der Waals surface area contributed by atoms with Gasteiger partial charge in [-0.2, -0.15) is 0 Å². The van der Waals surface area contributed by atoms with Gasteiger partial charge in [-0.3, -0.25) is 4.79 Å². The number of nitrogens with zero attached hydrogens (tertiary/aromatic N) is 2. The van der Waals surface area contributed by atoms with Gasteiger partial charge in [-0.1, -0.05) is 11.6 Å². The number of aromatic nitrogens is 2. The summed E-state index contributed by atoms with van der Waals surface area (Å²) in [6.45, 7) is 1.38. The molecule has 0 aliphatic heterocycles. The second kappa shape index (κ2) is 7.81. The fourth-order valence-electron chi connectivity index (χ4n) is 1.59. The van der Waals surface area contributed by atoms with Gasteiger partial charge in [0.15, 0.2) is 6.29 Å². The van der Waals surface area contributed by atoms with Crippen LogP contribution >= 0.6 is 24.0 Å². The molecule has 0 radical (unpaired) electrons. The Labute approximate surface area is 122 Å². The zero-order valence-corrected chi connectivity index (χ0v) is 11.7. The molecular formula is C13H14Cl2N2O2. The van der Waals surface area contributed by atoms with Crippen LogP contribution in [0.5, 0.6) is 5.75 Å². The Hall–Kier alpha value is -1.52. The van der Waals surface area contributed by atoms with Gasteiger partial charge in [0, 0.05) is 24.0 Å². The van der Waals surface area contributed by atoms with Crippen LogP contribution in [0.15, 0.2) is 36.9 Å². The number of halogens is 2. The molecule has 1 aromatic carbocycles. The summed E-state index contributed by atoms with van der Waals surface area (Å²) in [4.78, 5) is 14.8. The maximum atomic E-state index is 10.8. The van der Waals surface area contributed by atoms with E-state index in [9.17, 15) is 4.79 Å². The number of hydrogen-bond donors (Lipinski definition) is 0.